The summed E-state index contributed by atoms with van der Waals surface area (Å²) in [4.78, 5) is 3.78. The van der Waals surface area contributed by atoms with E-state index in [-0.39, 0.29) is 0 Å². The standard InChI is InChI=1S/C9H6ClNO3S/c10-7-3-1-2-6-4-5-8(11-9(6)7)15(12,13)14/h1-5H,(H,12,13,14). The first-order chi connectivity index (χ1) is 6.98. The Balaban J connectivity index is 2.81. The molecule has 0 spiro atoms. The van der Waals surface area contributed by atoms with Gasteiger partial charge >= 0.3 is 10.1 Å². The number of fused-ring (bicyclic) bond motifs is 1. The molecule has 1 N–H and O–H groups in total. The van der Waals surface area contributed by atoms with Gasteiger partial charge in [-0.2, -0.15) is 8.42 Å². The SMILES string of the molecule is O=S(=O)(O)c1ccc2cccc(Cl)c2n1. The topological polar surface area (TPSA) is 67.3 Å². The van der Waals surface area contributed by atoms with Gasteiger partial charge in [-0.1, -0.05) is 23.7 Å². The molecule has 0 aliphatic carbocycles. The van der Waals surface area contributed by atoms with Gasteiger partial charge in [0, 0.05) is 5.39 Å². The largest absolute Gasteiger partial charge is 0.312 e. The van der Waals surface area contributed by atoms with Gasteiger partial charge in [-0.15, -0.1) is 0 Å². The maximum Gasteiger partial charge on any atom is 0.312 e. The van der Waals surface area contributed by atoms with Crippen LogP contribution in [0.3, 0.4) is 0 Å². The van der Waals surface area contributed by atoms with Crippen molar-refractivity contribution in [2.75, 3.05) is 0 Å². The van der Waals surface area contributed by atoms with Crippen molar-refractivity contribution in [1.82, 2.24) is 4.98 Å². The predicted molar refractivity (Wildman–Crippen MR) is 56.6 cm³/mol. The fourth-order valence-electron chi connectivity index (χ4n) is 1.24. The highest BCUT2D eigenvalue weighted by molar-refractivity contribution is 7.85. The minimum Gasteiger partial charge on any atom is -0.281 e. The van der Waals surface area contributed by atoms with Crippen molar-refractivity contribution < 1.29 is 13.0 Å². The molecule has 1 aromatic heterocycles. The van der Waals surface area contributed by atoms with Gasteiger partial charge < -0.3 is 0 Å². The molecule has 2 aromatic rings. The minimum atomic E-state index is -4.28. The molecule has 15 heavy (non-hydrogen) atoms. The quantitative estimate of drug-likeness (QED) is 0.780. The van der Waals surface area contributed by atoms with E-state index in [4.69, 9.17) is 16.2 Å². The first-order valence-corrected chi connectivity index (χ1v) is 5.83. The van der Waals surface area contributed by atoms with E-state index in [1.54, 1.807) is 18.2 Å². The number of rotatable bonds is 1. The second-order valence-corrected chi connectivity index (χ2v) is 4.71. The summed E-state index contributed by atoms with van der Waals surface area (Å²) in [6.07, 6.45) is 0. The van der Waals surface area contributed by atoms with Gasteiger partial charge in [-0.05, 0) is 18.2 Å². The third kappa shape index (κ3) is 1.94. The van der Waals surface area contributed by atoms with Crippen molar-refractivity contribution in [3.63, 3.8) is 0 Å². The van der Waals surface area contributed by atoms with E-state index >= 15 is 0 Å². The summed E-state index contributed by atoms with van der Waals surface area (Å²) in [6.45, 7) is 0. The molecule has 0 unspecified atom stereocenters. The zero-order chi connectivity index (χ0) is 11.1. The maximum atomic E-state index is 10.8. The number of pyridine rings is 1. The molecule has 1 aromatic carbocycles. The van der Waals surface area contributed by atoms with Gasteiger partial charge in [0.05, 0.1) is 10.5 Å². The van der Waals surface area contributed by atoms with Crippen LogP contribution in [-0.2, 0) is 10.1 Å². The van der Waals surface area contributed by atoms with Gasteiger partial charge in [0.25, 0.3) is 0 Å². The summed E-state index contributed by atoms with van der Waals surface area (Å²) in [6, 6.07) is 7.86. The van der Waals surface area contributed by atoms with Crippen LogP contribution in [0.15, 0.2) is 35.4 Å². The van der Waals surface area contributed by atoms with Crippen molar-refractivity contribution in [3.05, 3.63) is 35.4 Å². The third-order valence-corrected chi connectivity index (χ3v) is 2.97. The number of hydrogen-bond donors (Lipinski definition) is 1. The molecule has 0 fully saturated rings. The highest BCUT2D eigenvalue weighted by atomic mass is 35.5. The predicted octanol–water partition coefficient (Wildman–Crippen LogP) is 2.13. The lowest BCUT2D eigenvalue weighted by atomic mass is 10.2. The van der Waals surface area contributed by atoms with Crippen LogP contribution >= 0.6 is 11.6 Å². The van der Waals surface area contributed by atoms with E-state index in [1.807, 2.05) is 0 Å². The number of halogens is 1. The molecule has 0 aliphatic rings. The summed E-state index contributed by atoms with van der Waals surface area (Å²) < 4.78 is 30.5. The number of para-hydroxylation sites is 1. The molecule has 2 rings (SSSR count). The van der Waals surface area contributed by atoms with Crippen LogP contribution in [0.4, 0.5) is 0 Å². The smallest absolute Gasteiger partial charge is 0.281 e. The van der Waals surface area contributed by atoms with E-state index in [9.17, 15) is 8.42 Å². The number of hydrogen-bond acceptors (Lipinski definition) is 3. The number of benzene rings is 1. The Morgan fingerprint density at radius 2 is 1.93 bits per heavy atom. The lowest BCUT2D eigenvalue weighted by Gasteiger charge is -2.01. The van der Waals surface area contributed by atoms with Crippen molar-refractivity contribution in [2.45, 2.75) is 5.03 Å². The Kier molecular flexibility index (Phi) is 2.38. The van der Waals surface area contributed by atoms with Crippen LogP contribution in [0, 0.1) is 0 Å². The first-order valence-electron chi connectivity index (χ1n) is 4.01. The van der Waals surface area contributed by atoms with Crippen molar-refractivity contribution >= 4 is 32.6 Å². The number of nitrogens with zero attached hydrogens (tertiary/aromatic N) is 1. The van der Waals surface area contributed by atoms with Crippen LogP contribution < -0.4 is 0 Å². The zero-order valence-electron chi connectivity index (χ0n) is 7.38. The van der Waals surface area contributed by atoms with E-state index in [0.29, 0.717) is 10.5 Å². The van der Waals surface area contributed by atoms with E-state index in [0.717, 1.165) is 5.39 Å². The van der Waals surface area contributed by atoms with Gasteiger partial charge in [0.1, 0.15) is 0 Å². The Bertz CT molecular complexity index is 624. The Hall–Kier alpha value is -1.17. The highest BCUT2D eigenvalue weighted by Gasteiger charge is 2.12. The molecule has 4 nitrogen and oxygen atoms in total. The van der Waals surface area contributed by atoms with E-state index in [1.165, 1.54) is 12.1 Å². The molecule has 0 saturated carbocycles. The average molecular weight is 244 g/mol. The molecule has 0 aliphatic heterocycles. The molecule has 0 amide bonds. The van der Waals surface area contributed by atoms with Crippen LogP contribution in [0.2, 0.25) is 5.02 Å². The fraction of sp³-hybridized carbons (Fsp3) is 0. The molecule has 0 radical (unpaired) electrons. The molecule has 0 saturated heterocycles. The maximum absolute atomic E-state index is 10.8. The lowest BCUT2D eigenvalue weighted by Crippen LogP contribution is -2.01. The van der Waals surface area contributed by atoms with Crippen LogP contribution in [0.1, 0.15) is 0 Å². The van der Waals surface area contributed by atoms with Crippen LogP contribution in [-0.4, -0.2) is 18.0 Å². The summed E-state index contributed by atoms with van der Waals surface area (Å²) in [5, 5.41) is 0.663. The molecule has 78 valence electrons. The Labute approximate surface area is 91.3 Å². The van der Waals surface area contributed by atoms with Crippen molar-refractivity contribution in [1.29, 1.82) is 0 Å². The zero-order valence-corrected chi connectivity index (χ0v) is 8.96. The normalized spacial score (nSPS) is 11.9. The third-order valence-electron chi connectivity index (χ3n) is 1.91. The summed E-state index contributed by atoms with van der Waals surface area (Å²) in [7, 11) is -4.28. The van der Waals surface area contributed by atoms with E-state index in [2.05, 4.69) is 4.98 Å². The van der Waals surface area contributed by atoms with Crippen molar-refractivity contribution in [3.8, 4) is 0 Å². The highest BCUT2D eigenvalue weighted by Crippen LogP contribution is 2.22. The molecular formula is C9H6ClNO3S. The molecule has 6 heteroatoms. The average Bonchev–Trinajstić information content (AvgIpc) is 2.16. The lowest BCUT2D eigenvalue weighted by molar-refractivity contribution is 0.479. The van der Waals surface area contributed by atoms with Gasteiger partial charge in [0.15, 0.2) is 5.03 Å². The van der Waals surface area contributed by atoms with Crippen LogP contribution in [0.25, 0.3) is 10.9 Å². The van der Waals surface area contributed by atoms with Crippen LogP contribution in [0.5, 0.6) is 0 Å². The van der Waals surface area contributed by atoms with Gasteiger partial charge in [-0.25, -0.2) is 4.98 Å². The van der Waals surface area contributed by atoms with Crippen molar-refractivity contribution in [2.24, 2.45) is 0 Å². The molecular weight excluding hydrogens is 238 g/mol. The summed E-state index contributed by atoms with van der Waals surface area (Å²) in [5.74, 6) is 0. The van der Waals surface area contributed by atoms with E-state index < -0.39 is 15.1 Å². The Morgan fingerprint density at radius 3 is 2.60 bits per heavy atom. The van der Waals surface area contributed by atoms with Gasteiger partial charge in [-0.3, -0.25) is 4.55 Å². The summed E-state index contributed by atoms with van der Waals surface area (Å²) in [5.41, 5.74) is 0.356. The second kappa shape index (κ2) is 3.44. The molecule has 0 atom stereocenters. The minimum absolute atomic E-state index is 0.345. The number of aromatic nitrogens is 1. The first kappa shape index (κ1) is 10.4. The molecule has 1 heterocycles. The van der Waals surface area contributed by atoms with Gasteiger partial charge in [0.2, 0.25) is 0 Å². The fourth-order valence-corrected chi connectivity index (χ4v) is 1.91. The second-order valence-electron chi connectivity index (χ2n) is 2.94. The Morgan fingerprint density at radius 1 is 1.20 bits per heavy atom. The monoisotopic (exact) mass is 243 g/mol. The molecule has 0 bridgehead atoms. The summed E-state index contributed by atoms with van der Waals surface area (Å²) >= 11 is 5.84.